The lowest BCUT2D eigenvalue weighted by atomic mass is 10.1. The smallest absolute Gasteiger partial charge is 0.253 e. The number of amides is 1. The molecular formula is C13H17NO3. The van der Waals surface area contributed by atoms with Crippen LogP contribution in [0.1, 0.15) is 22.3 Å². The molecule has 1 aromatic rings. The molecule has 0 aromatic heterocycles. The van der Waals surface area contributed by atoms with E-state index in [4.69, 9.17) is 4.74 Å². The first-order valence-electron chi connectivity index (χ1n) is 5.76. The van der Waals surface area contributed by atoms with Gasteiger partial charge in [-0.2, -0.15) is 0 Å². The molecule has 4 nitrogen and oxygen atoms in total. The van der Waals surface area contributed by atoms with E-state index >= 15 is 0 Å². The second-order valence-corrected chi connectivity index (χ2v) is 4.33. The highest BCUT2D eigenvalue weighted by Gasteiger charge is 2.25. The van der Waals surface area contributed by atoms with Crippen LogP contribution in [0.15, 0.2) is 24.3 Å². The lowest BCUT2D eigenvalue weighted by Crippen LogP contribution is -2.29. The van der Waals surface area contributed by atoms with E-state index in [2.05, 4.69) is 0 Å². The Balaban J connectivity index is 2.10. The lowest BCUT2D eigenvalue weighted by Gasteiger charge is -2.15. The molecule has 0 bridgehead atoms. The number of ether oxygens (including phenoxy) is 1. The standard InChI is InChI=1S/C13H17NO3/c1-17-9-10-3-2-4-11(7-10)13(16)14-6-5-12(15)8-14/h2-4,7,12,15H,5-6,8-9H2,1H3. The Labute approximate surface area is 101 Å². The number of benzene rings is 1. The number of hydrogen-bond acceptors (Lipinski definition) is 3. The summed E-state index contributed by atoms with van der Waals surface area (Å²) < 4.78 is 5.04. The third-order valence-corrected chi connectivity index (χ3v) is 2.94. The maximum atomic E-state index is 12.1. The summed E-state index contributed by atoms with van der Waals surface area (Å²) in [7, 11) is 1.63. The fraction of sp³-hybridized carbons (Fsp3) is 0.462. The zero-order valence-electron chi connectivity index (χ0n) is 9.93. The maximum absolute atomic E-state index is 12.1. The van der Waals surface area contributed by atoms with Gasteiger partial charge in [-0.25, -0.2) is 0 Å². The number of rotatable bonds is 3. The fourth-order valence-corrected chi connectivity index (χ4v) is 2.07. The van der Waals surface area contributed by atoms with Crippen LogP contribution < -0.4 is 0 Å². The van der Waals surface area contributed by atoms with Crippen LogP contribution in [-0.2, 0) is 11.3 Å². The Morgan fingerprint density at radius 1 is 1.59 bits per heavy atom. The Morgan fingerprint density at radius 3 is 3.06 bits per heavy atom. The Morgan fingerprint density at radius 2 is 2.41 bits per heavy atom. The van der Waals surface area contributed by atoms with Crippen molar-refractivity contribution in [1.82, 2.24) is 4.90 Å². The van der Waals surface area contributed by atoms with E-state index in [9.17, 15) is 9.90 Å². The molecule has 0 saturated carbocycles. The van der Waals surface area contributed by atoms with E-state index in [1.54, 1.807) is 18.1 Å². The van der Waals surface area contributed by atoms with Crippen LogP contribution in [0.4, 0.5) is 0 Å². The minimum absolute atomic E-state index is 0.0143. The molecule has 17 heavy (non-hydrogen) atoms. The van der Waals surface area contributed by atoms with Crippen molar-refractivity contribution < 1.29 is 14.6 Å². The van der Waals surface area contributed by atoms with E-state index in [-0.39, 0.29) is 12.0 Å². The number of aliphatic hydroxyl groups is 1. The van der Waals surface area contributed by atoms with Gasteiger partial charge in [0.25, 0.3) is 5.91 Å². The van der Waals surface area contributed by atoms with Crippen LogP contribution >= 0.6 is 0 Å². The van der Waals surface area contributed by atoms with Crippen molar-refractivity contribution in [3.05, 3.63) is 35.4 Å². The summed E-state index contributed by atoms with van der Waals surface area (Å²) in [6.45, 7) is 1.57. The second-order valence-electron chi connectivity index (χ2n) is 4.33. The van der Waals surface area contributed by atoms with Gasteiger partial charge in [0, 0.05) is 25.8 Å². The number of aliphatic hydroxyl groups excluding tert-OH is 1. The quantitative estimate of drug-likeness (QED) is 0.851. The van der Waals surface area contributed by atoms with Crippen molar-refractivity contribution in [1.29, 1.82) is 0 Å². The zero-order chi connectivity index (χ0) is 12.3. The van der Waals surface area contributed by atoms with Crippen molar-refractivity contribution in [3.63, 3.8) is 0 Å². The molecule has 1 fully saturated rings. The summed E-state index contributed by atoms with van der Waals surface area (Å²) in [5.74, 6) is -0.0143. The molecule has 0 spiro atoms. The van der Waals surface area contributed by atoms with E-state index < -0.39 is 0 Å². The van der Waals surface area contributed by atoms with Crippen molar-refractivity contribution in [2.24, 2.45) is 0 Å². The molecule has 1 saturated heterocycles. The van der Waals surface area contributed by atoms with Gasteiger partial charge < -0.3 is 14.7 Å². The molecule has 0 aliphatic carbocycles. The zero-order valence-corrected chi connectivity index (χ0v) is 9.93. The first kappa shape index (κ1) is 12.1. The fourth-order valence-electron chi connectivity index (χ4n) is 2.07. The minimum atomic E-state index is -0.374. The van der Waals surface area contributed by atoms with Crippen LogP contribution in [0.25, 0.3) is 0 Å². The molecule has 4 heteroatoms. The summed E-state index contributed by atoms with van der Waals surface area (Å²) in [6, 6.07) is 7.43. The van der Waals surface area contributed by atoms with E-state index in [1.165, 1.54) is 0 Å². The second kappa shape index (κ2) is 5.29. The molecule has 1 unspecified atom stereocenters. The average Bonchev–Trinajstić information content (AvgIpc) is 2.76. The van der Waals surface area contributed by atoms with Gasteiger partial charge in [0.15, 0.2) is 0 Å². The highest BCUT2D eigenvalue weighted by Crippen LogP contribution is 2.14. The van der Waals surface area contributed by atoms with Gasteiger partial charge in [0.05, 0.1) is 12.7 Å². The highest BCUT2D eigenvalue weighted by atomic mass is 16.5. The molecule has 92 valence electrons. The topological polar surface area (TPSA) is 49.8 Å². The Bertz CT molecular complexity index is 405. The number of methoxy groups -OCH3 is 1. The first-order chi connectivity index (χ1) is 8.20. The van der Waals surface area contributed by atoms with Gasteiger partial charge in [0.1, 0.15) is 0 Å². The molecule has 2 rings (SSSR count). The number of nitrogens with zero attached hydrogens (tertiary/aromatic N) is 1. The van der Waals surface area contributed by atoms with Crippen molar-refractivity contribution in [3.8, 4) is 0 Å². The van der Waals surface area contributed by atoms with Crippen LogP contribution in [0, 0.1) is 0 Å². The summed E-state index contributed by atoms with van der Waals surface area (Å²) in [5, 5.41) is 9.42. The van der Waals surface area contributed by atoms with Crippen LogP contribution in [-0.4, -0.2) is 42.2 Å². The molecule has 1 atom stereocenters. The van der Waals surface area contributed by atoms with Crippen LogP contribution in [0.5, 0.6) is 0 Å². The van der Waals surface area contributed by atoms with Crippen molar-refractivity contribution in [2.75, 3.05) is 20.2 Å². The number of hydrogen-bond donors (Lipinski definition) is 1. The summed E-state index contributed by atoms with van der Waals surface area (Å²) in [4.78, 5) is 13.8. The van der Waals surface area contributed by atoms with E-state index in [0.29, 0.717) is 31.7 Å². The molecule has 1 heterocycles. The van der Waals surface area contributed by atoms with Crippen molar-refractivity contribution >= 4 is 5.91 Å². The molecule has 1 aromatic carbocycles. The Hall–Kier alpha value is -1.39. The maximum Gasteiger partial charge on any atom is 0.253 e. The van der Waals surface area contributed by atoms with Gasteiger partial charge in [-0.05, 0) is 24.1 Å². The van der Waals surface area contributed by atoms with E-state index in [0.717, 1.165) is 5.56 Å². The van der Waals surface area contributed by atoms with Gasteiger partial charge in [0.2, 0.25) is 0 Å². The third-order valence-electron chi connectivity index (χ3n) is 2.94. The van der Waals surface area contributed by atoms with Crippen LogP contribution in [0.3, 0.4) is 0 Å². The van der Waals surface area contributed by atoms with Gasteiger partial charge >= 0.3 is 0 Å². The van der Waals surface area contributed by atoms with E-state index in [1.807, 2.05) is 18.2 Å². The Kier molecular flexibility index (Phi) is 3.76. The van der Waals surface area contributed by atoms with Gasteiger partial charge in [-0.1, -0.05) is 12.1 Å². The number of β-amino-alcohol motifs (C(OH)–C–C–N with tert-alkyl or cyclic N) is 1. The summed E-state index contributed by atoms with van der Waals surface area (Å²) in [5.41, 5.74) is 1.65. The molecule has 1 amide bonds. The number of carbonyl (C=O) groups is 1. The number of carbonyl (C=O) groups excluding carboxylic acids is 1. The monoisotopic (exact) mass is 235 g/mol. The predicted octanol–water partition coefficient (Wildman–Crippen LogP) is 1.04. The molecule has 1 N–H and O–H groups in total. The largest absolute Gasteiger partial charge is 0.391 e. The first-order valence-corrected chi connectivity index (χ1v) is 5.76. The van der Waals surface area contributed by atoms with Gasteiger partial charge in [-0.15, -0.1) is 0 Å². The molecular weight excluding hydrogens is 218 g/mol. The summed E-state index contributed by atoms with van der Waals surface area (Å²) >= 11 is 0. The molecule has 1 aliphatic rings. The molecule has 1 aliphatic heterocycles. The van der Waals surface area contributed by atoms with Gasteiger partial charge in [-0.3, -0.25) is 4.79 Å². The van der Waals surface area contributed by atoms with Crippen molar-refractivity contribution in [2.45, 2.75) is 19.1 Å². The van der Waals surface area contributed by atoms with Crippen LogP contribution in [0.2, 0.25) is 0 Å². The highest BCUT2D eigenvalue weighted by molar-refractivity contribution is 5.94. The lowest BCUT2D eigenvalue weighted by molar-refractivity contribution is 0.0764. The molecule has 0 radical (unpaired) electrons. The minimum Gasteiger partial charge on any atom is -0.391 e. The predicted molar refractivity (Wildman–Crippen MR) is 63.7 cm³/mol. The average molecular weight is 235 g/mol. The SMILES string of the molecule is COCc1cccc(C(=O)N2CCC(O)C2)c1. The third kappa shape index (κ3) is 2.84. The summed E-state index contributed by atoms with van der Waals surface area (Å²) in [6.07, 6.45) is 0.296. The number of likely N-dealkylation sites (tertiary alicyclic amines) is 1. The normalized spacial score (nSPS) is 19.6.